The summed E-state index contributed by atoms with van der Waals surface area (Å²) in [6, 6.07) is 4.41. The Morgan fingerprint density at radius 1 is 1.30 bits per heavy atom. The van der Waals surface area contributed by atoms with E-state index in [1.54, 1.807) is 6.92 Å². The zero-order chi connectivity index (χ0) is 16.9. The molecule has 0 saturated heterocycles. The Morgan fingerprint density at radius 3 is 2.70 bits per heavy atom. The van der Waals surface area contributed by atoms with Crippen LogP contribution in [0.2, 0.25) is 0 Å². The van der Waals surface area contributed by atoms with Crippen LogP contribution in [-0.4, -0.2) is 28.5 Å². The van der Waals surface area contributed by atoms with Gasteiger partial charge in [-0.1, -0.05) is 12.1 Å². The van der Waals surface area contributed by atoms with E-state index in [9.17, 15) is 18.0 Å². The molecule has 1 amide bonds. The minimum atomic E-state index is -4.50. The van der Waals surface area contributed by atoms with Crippen molar-refractivity contribution in [3.63, 3.8) is 0 Å². The van der Waals surface area contributed by atoms with Gasteiger partial charge in [0.1, 0.15) is 18.1 Å². The summed E-state index contributed by atoms with van der Waals surface area (Å²) in [4.78, 5) is 19.4. The fraction of sp³-hybridized carbons (Fsp3) is 0.267. The van der Waals surface area contributed by atoms with Gasteiger partial charge in [-0.05, 0) is 19.1 Å². The molecule has 0 unspecified atom stereocenters. The predicted octanol–water partition coefficient (Wildman–Crippen LogP) is 2.69. The number of rotatable bonds is 5. The van der Waals surface area contributed by atoms with Gasteiger partial charge < -0.3 is 10.1 Å². The molecule has 1 aromatic carbocycles. The maximum absolute atomic E-state index is 12.8. The van der Waals surface area contributed by atoms with E-state index < -0.39 is 23.7 Å². The van der Waals surface area contributed by atoms with Crippen LogP contribution in [0.1, 0.15) is 23.0 Å². The number of nitrogens with one attached hydrogen (secondary N) is 1. The number of para-hydroxylation sites is 1. The highest BCUT2D eigenvalue weighted by atomic mass is 19.4. The summed E-state index contributed by atoms with van der Waals surface area (Å²) in [5.74, 6) is -0.751. The molecule has 1 N–H and O–H groups in total. The Hall–Kier alpha value is -2.64. The molecule has 5 nitrogen and oxygen atoms in total. The Labute approximate surface area is 130 Å². The molecule has 0 spiro atoms. The first-order valence-corrected chi connectivity index (χ1v) is 6.74. The lowest BCUT2D eigenvalue weighted by Gasteiger charge is -2.17. The smallest absolute Gasteiger partial charge is 0.419 e. The minimum absolute atomic E-state index is 0.112. The van der Waals surface area contributed by atoms with Crippen LogP contribution in [0.3, 0.4) is 0 Å². The van der Waals surface area contributed by atoms with Crippen LogP contribution in [-0.2, 0) is 6.18 Å². The monoisotopic (exact) mass is 325 g/mol. The second-order valence-corrected chi connectivity index (χ2v) is 4.77. The third-order valence-electron chi connectivity index (χ3n) is 2.85. The molecule has 0 aliphatic heterocycles. The molecular weight excluding hydrogens is 311 g/mol. The van der Waals surface area contributed by atoms with Crippen molar-refractivity contribution in [2.75, 3.05) is 6.61 Å². The number of carbonyl (C=O) groups is 1. The number of hydrogen-bond donors (Lipinski definition) is 1. The number of carbonyl (C=O) groups excluding carboxylic acids is 1. The number of hydrogen-bond acceptors (Lipinski definition) is 4. The minimum Gasteiger partial charge on any atom is -0.491 e. The lowest BCUT2D eigenvalue weighted by atomic mass is 10.2. The van der Waals surface area contributed by atoms with Crippen LogP contribution >= 0.6 is 0 Å². The molecule has 0 aliphatic carbocycles. The fourth-order valence-electron chi connectivity index (χ4n) is 1.80. The van der Waals surface area contributed by atoms with E-state index in [-0.39, 0.29) is 18.1 Å². The van der Waals surface area contributed by atoms with E-state index in [1.165, 1.54) is 36.8 Å². The van der Waals surface area contributed by atoms with Crippen molar-refractivity contribution >= 4 is 5.91 Å². The van der Waals surface area contributed by atoms with Crippen molar-refractivity contribution in [2.45, 2.75) is 19.1 Å². The lowest BCUT2D eigenvalue weighted by Crippen LogP contribution is -2.37. The summed E-state index contributed by atoms with van der Waals surface area (Å²) >= 11 is 0. The highest BCUT2D eigenvalue weighted by molar-refractivity contribution is 5.92. The Kier molecular flexibility index (Phi) is 5.15. The molecule has 0 bridgehead atoms. The highest BCUT2D eigenvalue weighted by Crippen LogP contribution is 2.35. The summed E-state index contributed by atoms with van der Waals surface area (Å²) in [6.45, 7) is 1.50. The molecule has 1 atom stereocenters. The van der Waals surface area contributed by atoms with Gasteiger partial charge in [0.2, 0.25) is 0 Å². The van der Waals surface area contributed by atoms with Gasteiger partial charge in [-0.25, -0.2) is 4.98 Å². The third kappa shape index (κ3) is 4.67. The summed E-state index contributed by atoms with van der Waals surface area (Å²) in [7, 11) is 0. The first kappa shape index (κ1) is 16.7. The molecule has 8 heteroatoms. The topological polar surface area (TPSA) is 64.1 Å². The predicted molar refractivity (Wildman–Crippen MR) is 75.9 cm³/mol. The summed E-state index contributed by atoms with van der Waals surface area (Å²) in [6.07, 6.45) is -0.405. The number of alkyl halides is 3. The average molecular weight is 325 g/mol. The summed E-state index contributed by atoms with van der Waals surface area (Å²) in [5, 5.41) is 2.58. The number of ether oxygens (including phenoxy) is 1. The van der Waals surface area contributed by atoms with Gasteiger partial charge in [0.15, 0.2) is 0 Å². The molecule has 1 heterocycles. The van der Waals surface area contributed by atoms with Crippen LogP contribution in [0, 0.1) is 0 Å². The maximum Gasteiger partial charge on any atom is 0.419 e. The number of aromatic nitrogens is 2. The second-order valence-electron chi connectivity index (χ2n) is 4.77. The molecule has 0 radical (unpaired) electrons. The summed E-state index contributed by atoms with van der Waals surface area (Å²) < 4.78 is 43.7. The first-order chi connectivity index (χ1) is 10.9. The van der Waals surface area contributed by atoms with E-state index >= 15 is 0 Å². The van der Waals surface area contributed by atoms with Crippen LogP contribution in [0.25, 0.3) is 0 Å². The maximum atomic E-state index is 12.8. The van der Waals surface area contributed by atoms with Crippen LogP contribution in [0.4, 0.5) is 13.2 Å². The van der Waals surface area contributed by atoms with Gasteiger partial charge in [0.25, 0.3) is 5.91 Å². The zero-order valence-corrected chi connectivity index (χ0v) is 12.2. The molecule has 23 heavy (non-hydrogen) atoms. The average Bonchev–Trinajstić information content (AvgIpc) is 2.53. The van der Waals surface area contributed by atoms with Crippen molar-refractivity contribution in [2.24, 2.45) is 0 Å². The van der Waals surface area contributed by atoms with Crippen molar-refractivity contribution in [1.29, 1.82) is 0 Å². The Bertz CT molecular complexity index is 663. The molecule has 122 valence electrons. The second kappa shape index (κ2) is 7.08. The normalized spacial score (nSPS) is 12.5. The third-order valence-corrected chi connectivity index (χ3v) is 2.85. The van der Waals surface area contributed by atoms with Gasteiger partial charge in [0.05, 0.1) is 17.8 Å². The van der Waals surface area contributed by atoms with Crippen LogP contribution < -0.4 is 10.1 Å². The molecule has 1 aromatic heterocycles. The Morgan fingerprint density at radius 2 is 2.04 bits per heavy atom. The van der Waals surface area contributed by atoms with Crippen molar-refractivity contribution < 1.29 is 22.7 Å². The molecule has 2 aromatic rings. The Balaban J connectivity index is 1.95. The van der Waals surface area contributed by atoms with Gasteiger partial charge in [-0.2, -0.15) is 13.2 Å². The first-order valence-electron chi connectivity index (χ1n) is 6.74. The van der Waals surface area contributed by atoms with Gasteiger partial charge in [-0.3, -0.25) is 9.78 Å². The van der Waals surface area contributed by atoms with Crippen LogP contribution in [0.15, 0.2) is 42.9 Å². The van der Waals surface area contributed by atoms with Crippen molar-refractivity contribution in [3.05, 3.63) is 54.1 Å². The SMILES string of the molecule is C[C@H](COc1ccccc1C(F)(F)F)NC(=O)c1cnccn1. The quantitative estimate of drug-likeness (QED) is 0.918. The van der Waals surface area contributed by atoms with Gasteiger partial charge >= 0.3 is 6.18 Å². The molecule has 0 aliphatic rings. The number of halogens is 3. The van der Waals surface area contributed by atoms with E-state index in [2.05, 4.69) is 15.3 Å². The molecule has 0 saturated carbocycles. The lowest BCUT2D eigenvalue weighted by molar-refractivity contribution is -0.139. The van der Waals surface area contributed by atoms with E-state index in [0.29, 0.717) is 0 Å². The summed E-state index contributed by atoms with van der Waals surface area (Å²) in [5.41, 5.74) is -0.734. The number of benzene rings is 1. The van der Waals surface area contributed by atoms with Crippen molar-refractivity contribution in [3.8, 4) is 5.75 Å². The van der Waals surface area contributed by atoms with Gasteiger partial charge in [0, 0.05) is 12.4 Å². The molecule has 2 rings (SSSR count). The largest absolute Gasteiger partial charge is 0.491 e. The van der Waals surface area contributed by atoms with E-state index in [1.807, 2.05) is 0 Å². The van der Waals surface area contributed by atoms with Gasteiger partial charge in [-0.15, -0.1) is 0 Å². The number of nitrogens with zero attached hydrogens (tertiary/aromatic N) is 2. The molecule has 0 fully saturated rings. The van der Waals surface area contributed by atoms with Crippen LogP contribution in [0.5, 0.6) is 5.75 Å². The van der Waals surface area contributed by atoms with Crippen molar-refractivity contribution in [1.82, 2.24) is 15.3 Å². The van der Waals surface area contributed by atoms with E-state index in [0.717, 1.165) is 6.07 Å². The standard InChI is InChI=1S/C15H14F3N3O2/c1-10(21-14(22)12-8-19-6-7-20-12)9-23-13-5-3-2-4-11(13)15(16,17)18/h2-8,10H,9H2,1H3,(H,21,22)/t10-/m1/s1. The highest BCUT2D eigenvalue weighted by Gasteiger charge is 2.34. The number of amides is 1. The zero-order valence-electron chi connectivity index (χ0n) is 12.2. The molecular formula is C15H14F3N3O2. The van der Waals surface area contributed by atoms with E-state index in [4.69, 9.17) is 4.74 Å². The fourth-order valence-corrected chi connectivity index (χ4v) is 1.80.